The van der Waals surface area contributed by atoms with E-state index in [9.17, 15) is 0 Å². The molecule has 0 spiro atoms. The van der Waals surface area contributed by atoms with Gasteiger partial charge in [-0.05, 0) is 52.9 Å². The van der Waals surface area contributed by atoms with Crippen LogP contribution in [0.15, 0.2) is 122 Å². The van der Waals surface area contributed by atoms with E-state index in [0.717, 1.165) is 27.9 Å². The predicted molar refractivity (Wildman–Crippen MR) is 154 cm³/mol. The number of H-pyrrole nitrogens is 2. The molecule has 0 aliphatic rings. The first-order valence-corrected chi connectivity index (χ1v) is 12.3. The fourth-order valence-corrected chi connectivity index (χ4v) is 3.78. The average Bonchev–Trinajstić information content (AvgIpc) is 3.63. The first-order valence-electron chi connectivity index (χ1n) is 12.3. The second-order valence-corrected chi connectivity index (χ2v) is 7.97. The lowest BCUT2D eigenvalue weighted by Crippen LogP contribution is -1.94. The van der Waals surface area contributed by atoms with Crippen LogP contribution in [0.3, 0.4) is 0 Å². The van der Waals surface area contributed by atoms with E-state index in [0.29, 0.717) is 13.2 Å². The molecule has 0 atom stereocenters. The van der Waals surface area contributed by atoms with Crippen molar-refractivity contribution >= 4 is 21.8 Å². The molecule has 6 rings (SSSR count). The smallest absolute Gasteiger partial charge is 0.129 e. The van der Waals surface area contributed by atoms with Crippen LogP contribution in [0, 0.1) is 0 Å². The molecule has 0 amide bonds. The van der Waals surface area contributed by atoms with Gasteiger partial charge in [0, 0.05) is 37.7 Å². The Bertz CT molecular complexity index is 1460. The van der Waals surface area contributed by atoms with E-state index < -0.39 is 0 Å². The van der Waals surface area contributed by atoms with E-state index in [1.54, 1.807) is 0 Å². The van der Waals surface area contributed by atoms with Gasteiger partial charge in [-0.1, -0.05) is 80.6 Å². The highest BCUT2D eigenvalue weighted by Gasteiger charge is 2.02. The minimum absolute atomic E-state index is 0. The molecule has 186 valence electrons. The number of aromatic amines is 2. The maximum absolute atomic E-state index is 5.84. The average molecular weight is 481 g/mol. The summed E-state index contributed by atoms with van der Waals surface area (Å²) in [6.45, 7) is 5.21. The Balaban J connectivity index is 0.000000239. The van der Waals surface area contributed by atoms with Gasteiger partial charge in [0.15, 0.2) is 0 Å². The summed E-state index contributed by atoms with van der Waals surface area (Å²) in [5.74, 6) is 1.82. The zero-order valence-corrected chi connectivity index (χ0v) is 20.8. The molecule has 0 aliphatic heterocycles. The van der Waals surface area contributed by atoms with Crippen LogP contribution in [-0.2, 0) is 13.2 Å². The molecule has 0 fully saturated rings. The standard InChI is InChI=1S/2C15H13NO.C2H6.2H2/c1-2-5-12(6-3-1)11-17-15-8-4-7-14-13(15)9-10-16-14;1-2-4-12(5-3-1)11-17-14-7-6-13-8-9-16-15(13)10-14;1-2;;/h2*1-10,16H,11H2;1-2H3;2*1H. The zero-order chi connectivity index (χ0) is 25.0. The Morgan fingerprint density at radius 1 is 0.583 bits per heavy atom. The Morgan fingerprint density at radius 2 is 1.22 bits per heavy atom. The summed E-state index contributed by atoms with van der Waals surface area (Å²) in [5.41, 5.74) is 4.57. The Morgan fingerprint density at radius 3 is 1.94 bits per heavy atom. The van der Waals surface area contributed by atoms with E-state index in [4.69, 9.17) is 9.47 Å². The quantitative estimate of drug-likeness (QED) is 0.250. The molecule has 0 bridgehead atoms. The van der Waals surface area contributed by atoms with Crippen LogP contribution in [0.4, 0.5) is 0 Å². The normalized spacial score (nSPS) is 10.2. The fraction of sp³-hybridized carbons (Fsp3) is 0.125. The van der Waals surface area contributed by atoms with Gasteiger partial charge in [-0.15, -0.1) is 0 Å². The van der Waals surface area contributed by atoms with Crippen LogP contribution in [0.1, 0.15) is 27.8 Å². The van der Waals surface area contributed by atoms with Gasteiger partial charge in [0.25, 0.3) is 0 Å². The molecule has 2 heterocycles. The van der Waals surface area contributed by atoms with Crippen molar-refractivity contribution in [2.24, 2.45) is 0 Å². The molecule has 0 radical (unpaired) electrons. The number of fused-ring (bicyclic) bond motifs is 2. The monoisotopic (exact) mass is 480 g/mol. The summed E-state index contributed by atoms with van der Waals surface area (Å²) in [7, 11) is 0. The molecule has 0 aliphatic carbocycles. The van der Waals surface area contributed by atoms with Crippen LogP contribution in [0.25, 0.3) is 21.8 Å². The van der Waals surface area contributed by atoms with Crippen LogP contribution >= 0.6 is 0 Å². The summed E-state index contributed by atoms with van der Waals surface area (Å²) in [5, 5.41) is 2.33. The van der Waals surface area contributed by atoms with Gasteiger partial charge in [-0.2, -0.15) is 0 Å². The molecule has 4 nitrogen and oxygen atoms in total. The molecule has 2 N–H and O–H groups in total. The third kappa shape index (κ3) is 6.57. The van der Waals surface area contributed by atoms with Crippen molar-refractivity contribution in [1.82, 2.24) is 9.97 Å². The molecule has 2 aromatic heterocycles. The van der Waals surface area contributed by atoms with E-state index in [1.165, 1.54) is 16.5 Å². The van der Waals surface area contributed by atoms with Crippen molar-refractivity contribution in [3.8, 4) is 11.5 Å². The SMILES string of the molecule is CC.[HH].[HH].c1ccc(COc2ccc3cc[nH]c3c2)cc1.c1ccc(COc2cccc3[nH]ccc23)cc1. The number of aromatic nitrogens is 2. The lowest BCUT2D eigenvalue weighted by atomic mass is 10.2. The first-order chi connectivity index (χ1) is 17.8. The van der Waals surface area contributed by atoms with E-state index in [2.05, 4.69) is 46.4 Å². The van der Waals surface area contributed by atoms with Crippen LogP contribution < -0.4 is 9.47 Å². The zero-order valence-electron chi connectivity index (χ0n) is 20.8. The highest BCUT2D eigenvalue weighted by atomic mass is 16.5. The van der Waals surface area contributed by atoms with Gasteiger partial charge >= 0.3 is 0 Å². The highest BCUT2D eigenvalue weighted by molar-refractivity contribution is 5.85. The maximum atomic E-state index is 5.84. The minimum atomic E-state index is 0. The molecule has 36 heavy (non-hydrogen) atoms. The van der Waals surface area contributed by atoms with Gasteiger partial charge in [-0.3, -0.25) is 0 Å². The molecule has 4 heteroatoms. The second-order valence-electron chi connectivity index (χ2n) is 7.97. The van der Waals surface area contributed by atoms with Gasteiger partial charge in [0.05, 0.1) is 0 Å². The summed E-state index contributed by atoms with van der Waals surface area (Å²) in [6, 6.07) is 36.6. The lowest BCUT2D eigenvalue weighted by molar-refractivity contribution is 0.306. The Kier molecular flexibility index (Phi) is 8.82. The molecule has 4 aromatic carbocycles. The van der Waals surface area contributed by atoms with Crippen molar-refractivity contribution in [2.45, 2.75) is 27.1 Å². The largest absolute Gasteiger partial charge is 0.489 e. The first kappa shape index (κ1) is 24.7. The number of benzene rings is 4. The topological polar surface area (TPSA) is 50.0 Å². The van der Waals surface area contributed by atoms with Crippen LogP contribution in [0.5, 0.6) is 11.5 Å². The fourth-order valence-electron chi connectivity index (χ4n) is 3.78. The van der Waals surface area contributed by atoms with Crippen molar-refractivity contribution in [3.63, 3.8) is 0 Å². The van der Waals surface area contributed by atoms with Crippen LogP contribution in [-0.4, -0.2) is 9.97 Å². The Labute approximate surface area is 215 Å². The highest BCUT2D eigenvalue weighted by Crippen LogP contribution is 2.25. The molecule has 0 saturated heterocycles. The molecular weight excluding hydrogens is 444 g/mol. The van der Waals surface area contributed by atoms with Crippen molar-refractivity contribution in [2.75, 3.05) is 0 Å². The molecule has 0 saturated carbocycles. The predicted octanol–water partition coefficient (Wildman–Crippen LogP) is 9.01. The van der Waals surface area contributed by atoms with Crippen molar-refractivity contribution < 1.29 is 12.3 Å². The Hall–Kier alpha value is -4.44. The second kappa shape index (κ2) is 12.9. The van der Waals surface area contributed by atoms with E-state index in [1.807, 2.05) is 99.0 Å². The lowest BCUT2D eigenvalue weighted by Gasteiger charge is -2.07. The molecule has 0 unspecified atom stereocenters. The van der Waals surface area contributed by atoms with Crippen LogP contribution in [0.2, 0.25) is 0 Å². The number of rotatable bonds is 6. The van der Waals surface area contributed by atoms with Gasteiger partial charge in [0.2, 0.25) is 0 Å². The van der Waals surface area contributed by atoms with Crippen molar-refractivity contribution in [1.29, 1.82) is 0 Å². The summed E-state index contributed by atoms with van der Waals surface area (Å²) in [4.78, 5) is 6.36. The van der Waals surface area contributed by atoms with Gasteiger partial charge in [-0.25, -0.2) is 0 Å². The van der Waals surface area contributed by atoms with E-state index >= 15 is 0 Å². The van der Waals surface area contributed by atoms with Crippen molar-refractivity contribution in [3.05, 3.63) is 133 Å². The number of nitrogens with one attached hydrogen (secondary N) is 2. The summed E-state index contributed by atoms with van der Waals surface area (Å²) in [6.07, 6.45) is 3.87. The third-order valence-corrected chi connectivity index (χ3v) is 5.57. The van der Waals surface area contributed by atoms with Gasteiger partial charge in [0.1, 0.15) is 24.7 Å². The van der Waals surface area contributed by atoms with E-state index in [-0.39, 0.29) is 2.85 Å². The number of hydrogen-bond donors (Lipinski definition) is 2. The summed E-state index contributed by atoms with van der Waals surface area (Å²) < 4.78 is 11.6. The maximum Gasteiger partial charge on any atom is 0.129 e. The summed E-state index contributed by atoms with van der Waals surface area (Å²) >= 11 is 0. The minimum Gasteiger partial charge on any atom is -0.489 e. The number of hydrogen-bond acceptors (Lipinski definition) is 2. The number of ether oxygens (including phenoxy) is 2. The molecular formula is C32H36N2O2. The third-order valence-electron chi connectivity index (χ3n) is 5.57. The molecule has 6 aromatic rings. The van der Waals surface area contributed by atoms with Gasteiger partial charge < -0.3 is 19.4 Å².